The van der Waals surface area contributed by atoms with E-state index in [9.17, 15) is 9.59 Å². The Balaban J connectivity index is 1.46. The van der Waals surface area contributed by atoms with Gasteiger partial charge in [0.05, 0.1) is 32.3 Å². The Bertz CT molecular complexity index is 1200. The van der Waals surface area contributed by atoms with E-state index in [1.807, 2.05) is 66.7 Å². The first-order chi connectivity index (χ1) is 17.1. The number of nitrogens with zero attached hydrogens (tertiary/aromatic N) is 1. The van der Waals surface area contributed by atoms with Gasteiger partial charge in [0, 0.05) is 30.3 Å². The number of ether oxygens (including phenoxy) is 3. The lowest BCUT2D eigenvalue weighted by molar-refractivity contribution is -0.125. The van der Waals surface area contributed by atoms with Crippen LogP contribution in [-0.4, -0.2) is 32.1 Å². The first kappa shape index (κ1) is 22.8. The van der Waals surface area contributed by atoms with Crippen LogP contribution in [0.1, 0.15) is 30.9 Å². The highest BCUT2D eigenvalue weighted by Gasteiger charge is 2.41. The molecule has 2 aliphatic heterocycles. The van der Waals surface area contributed by atoms with E-state index in [4.69, 9.17) is 14.2 Å². The highest BCUT2D eigenvalue weighted by molar-refractivity contribution is 6.00. The molecule has 1 saturated heterocycles. The number of rotatable bonds is 5. The summed E-state index contributed by atoms with van der Waals surface area (Å²) >= 11 is 0. The standard InChI is InChI=1S/C28H28N2O5/c1-33-22-11-9-21(10-12-22)30-26(31)15-13-23(27(30)19-6-3-2-4-7-19)28(32)29-20-8-14-24-25(18-20)35-17-5-16-34-24/h2-4,6-12,14,18,23,27H,5,13,15-17H2,1H3,(H,29,32). The zero-order valence-electron chi connectivity index (χ0n) is 19.6. The smallest absolute Gasteiger partial charge is 0.229 e. The average Bonchev–Trinajstić information content (AvgIpc) is 3.14. The van der Waals surface area contributed by atoms with Gasteiger partial charge in [0.15, 0.2) is 11.5 Å². The summed E-state index contributed by atoms with van der Waals surface area (Å²) in [6, 6.07) is 22.1. The van der Waals surface area contributed by atoms with E-state index in [0.29, 0.717) is 42.6 Å². The molecular formula is C28H28N2O5. The van der Waals surface area contributed by atoms with E-state index < -0.39 is 12.0 Å². The fourth-order valence-corrected chi connectivity index (χ4v) is 4.72. The van der Waals surface area contributed by atoms with Crippen LogP contribution in [0.3, 0.4) is 0 Å². The second-order valence-corrected chi connectivity index (χ2v) is 8.66. The summed E-state index contributed by atoms with van der Waals surface area (Å²) in [5.41, 5.74) is 2.28. The maximum Gasteiger partial charge on any atom is 0.229 e. The quantitative estimate of drug-likeness (QED) is 0.567. The lowest BCUT2D eigenvalue weighted by atomic mass is 9.83. The summed E-state index contributed by atoms with van der Waals surface area (Å²) in [4.78, 5) is 28.6. The SMILES string of the molecule is COc1ccc(N2C(=O)CCC(C(=O)Nc3ccc4c(c3)OCCCO4)C2c2ccccc2)cc1. The summed E-state index contributed by atoms with van der Waals surface area (Å²) in [6.07, 6.45) is 1.56. The summed E-state index contributed by atoms with van der Waals surface area (Å²) in [7, 11) is 1.60. The van der Waals surface area contributed by atoms with Gasteiger partial charge in [-0.05, 0) is 48.4 Å². The number of anilines is 2. The third-order valence-corrected chi connectivity index (χ3v) is 6.44. The van der Waals surface area contributed by atoms with Gasteiger partial charge in [0.25, 0.3) is 0 Å². The van der Waals surface area contributed by atoms with Crippen molar-refractivity contribution < 1.29 is 23.8 Å². The molecule has 3 aromatic rings. The van der Waals surface area contributed by atoms with E-state index in [2.05, 4.69) is 5.32 Å². The van der Waals surface area contributed by atoms with Crippen molar-refractivity contribution >= 4 is 23.2 Å². The molecule has 0 aromatic heterocycles. The van der Waals surface area contributed by atoms with Crippen LogP contribution in [0.5, 0.6) is 17.2 Å². The van der Waals surface area contributed by atoms with Gasteiger partial charge in [0.1, 0.15) is 5.75 Å². The van der Waals surface area contributed by atoms with Gasteiger partial charge < -0.3 is 24.4 Å². The molecule has 2 amide bonds. The number of hydrogen-bond acceptors (Lipinski definition) is 5. The highest BCUT2D eigenvalue weighted by Crippen LogP contribution is 2.41. The number of amides is 2. The van der Waals surface area contributed by atoms with Crippen molar-refractivity contribution in [2.75, 3.05) is 30.5 Å². The number of nitrogens with one attached hydrogen (secondary N) is 1. The van der Waals surface area contributed by atoms with E-state index in [-0.39, 0.29) is 18.2 Å². The predicted octanol–water partition coefficient (Wildman–Crippen LogP) is 4.98. The average molecular weight is 473 g/mol. The van der Waals surface area contributed by atoms with Crippen LogP contribution in [0.25, 0.3) is 0 Å². The molecule has 0 spiro atoms. The molecule has 2 heterocycles. The molecule has 0 saturated carbocycles. The summed E-state index contributed by atoms with van der Waals surface area (Å²) in [5, 5.41) is 3.05. The minimum absolute atomic E-state index is 0.0105. The van der Waals surface area contributed by atoms with Crippen LogP contribution in [0.2, 0.25) is 0 Å². The fourth-order valence-electron chi connectivity index (χ4n) is 4.72. The van der Waals surface area contributed by atoms with Gasteiger partial charge in [-0.25, -0.2) is 0 Å². The summed E-state index contributed by atoms with van der Waals surface area (Å²) < 4.78 is 16.8. The minimum atomic E-state index is -0.439. The Hall–Kier alpha value is -4.00. The van der Waals surface area contributed by atoms with Crippen molar-refractivity contribution in [2.45, 2.75) is 25.3 Å². The third kappa shape index (κ3) is 4.80. The number of methoxy groups -OCH3 is 1. The molecule has 1 fully saturated rings. The van der Waals surface area contributed by atoms with Crippen molar-refractivity contribution in [1.29, 1.82) is 0 Å². The van der Waals surface area contributed by atoms with Crippen LogP contribution in [0, 0.1) is 5.92 Å². The second-order valence-electron chi connectivity index (χ2n) is 8.66. The highest BCUT2D eigenvalue weighted by atomic mass is 16.5. The number of fused-ring (bicyclic) bond motifs is 1. The van der Waals surface area contributed by atoms with E-state index in [1.54, 1.807) is 18.1 Å². The number of piperidine rings is 1. The first-order valence-corrected chi connectivity index (χ1v) is 11.9. The molecule has 0 aliphatic carbocycles. The maximum atomic E-state index is 13.6. The Morgan fingerprint density at radius 2 is 1.71 bits per heavy atom. The summed E-state index contributed by atoms with van der Waals surface area (Å²) in [6.45, 7) is 1.18. The Labute approximate surface area is 204 Å². The number of hydrogen-bond donors (Lipinski definition) is 1. The zero-order valence-corrected chi connectivity index (χ0v) is 19.6. The van der Waals surface area contributed by atoms with E-state index in [1.165, 1.54) is 0 Å². The largest absolute Gasteiger partial charge is 0.497 e. The lowest BCUT2D eigenvalue weighted by Gasteiger charge is -2.41. The normalized spacial score (nSPS) is 19.6. The molecule has 2 aliphatic rings. The molecular weight excluding hydrogens is 444 g/mol. The lowest BCUT2D eigenvalue weighted by Crippen LogP contribution is -2.46. The van der Waals surface area contributed by atoms with Crippen LogP contribution >= 0.6 is 0 Å². The molecule has 5 rings (SSSR count). The van der Waals surface area contributed by atoms with Crippen molar-refractivity contribution in [2.24, 2.45) is 5.92 Å². The zero-order chi connectivity index (χ0) is 24.2. The molecule has 3 aromatic carbocycles. The van der Waals surface area contributed by atoms with Gasteiger partial charge in [-0.3, -0.25) is 9.59 Å². The molecule has 35 heavy (non-hydrogen) atoms. The van der Waals surface area contributed by atoms with Crippen molar-refractivity contribution in [3.05, 3.63) is 78.4 Å². The van der Waals surface area contributed by atoms with E-state index >= 15 is 0 Å². The number of carbonyl (C=O) groups excluding carboxylic acids is 2. The molecule has 7 nitrogen and oxygen atoms in total. The second kappa shape index (κ2) is 10.1. The van der Waals surface area contributed by atoms with Crippen LogP contribution in [0.4, 0.5) is 11.4 Å². The molecule has 7 heteroatoms. The van der Waals surface area contributed by atoms with Gasteiger partial charge in [-0.1, -0.05) is 30.3 Å². The Morgan fingerprint density at radius 3 is 2.46 bits per heavy atom. The Morgan fingerprint density at radius 1 is 0.971 bits per heavy atom. The fraction of sp³-hybridized carbons (Fsp3) is 0.286. The van der Waals surface area contributed by atoms with Crippen molar-refractivity contribution in [1.82, 2.24) is 0 Å². The number of benzene rings is 3. The molecule has 0 bridgehead atoms. The molecule has 1 N–H and O–H groups in total. The van der Waals surface area contributed by atoms with Crippen LogP contribution < -0.4 is 24.4 Å². The first-order valence-electron chi connectivity index (χ1n) is 11.9. The molecule has 2 unspecified atom stereocenters. The van der Waals surface area contributed by atoms with Gasteiger partial charge in [-0.2, -0.15) is 0 Å². The maximum absolute atomic E-state index is 13.6. The summed E-state index contributed by atoms with van der Waals surface area (Å²) in [5.74, 6) is 1.42. The number of carbonyl (C=O) groups is 2. The molecule has 2 atom stereocenters. The van der Waals surface area contributed by atoms with Gasteiger partial charge in [0.2, 0.25) is 11.8 Å². The van der Waals surface area contributed by atoms with Gasteiger partial charge in [-0.15, -0.1) is 0 Å². The van der Waals surface area contributed by atoms with Crippen LogP contribution in [0.15, 0.2) is 72.8 Å². The Kier molecular flexibility index (Phi) is 6.57. The monoisotopic (exact) mass is 472 g/mol. The van der Waals surface area contributed by atoms with Crippen LogP contribution in [-0.2, 0) is 9.59 Å². The van der Waals surface area contributed by atoms with Crippen molar-refractivity contribution in [3.63, 3.8) is 0 Å². The van der Waals surface area contributed by atoms with E-state index in [0.717, 1.165) is 17.7 Å². The third-order valence-electron chi connectivity index (χ3n) is 6.44. The topological polar surface area (TPSA) is 77.1 Å². The molecule has 0 radical (unpaired) electrons. The van der Waals surface area contributed by atoms with Gasteiger partial charge >= 0.3 is 0 Å². The molecule has 180 valence electrons. The van der Waals surface area contributed by atoms with Crippen molar-refractivity contribution in [3.8, 4) is 17.2 Å². The predicted molar refractivity (Wildman–Crippen MR) is 133 cm³/mol. The minimum Gasteiger partial charge on any atom is -0.497 e.